The monoisotopic (exact) mass is 287 g/mol. The number of hydrogen-bond acceptors (Lipinski definition) is 3. The number of alkyl halides is 2. The first-order valence-electron chi connectivity index (χ1n) is 6.86. The fourth-order valence-electron chi connectivity index (χ4n) is 1.60. The van der Waals surface area contributed by atoms with Gasteiger partial charge in [0.15, 0.2) is 0 Å². The molecule has 1 N–H and O–H groups in total. The second-order valence-electron chi connectivity index (χ2n) is 4.98. The molecule has 20 heavy (non-hydrogen) atoms. The van der Waals surface area contributed by atoms with Gasteiger partial charge in [-0.05, 0) is 30.2 Å². The second kappa shape index (κ2) is 9.66. The zero-order chi connectivity index (χ0) is 14.8. The fourth-order valence-corrected chi connectivity index (χ4v) is 1.60. The third kappa shape index (κ3) is 8.07. The predicted octanol–water partition coefficient (Wildman–Crippen LogP) is 3.09. The van der Waals surface area contributed by atoms with Crippen LogP contribution in [0.15, 0.2) is 24.3 Å². The van der Waals surface area contributed by atoms with Gasteiger partial charge in [0.1, 0.15) is 19.0 Å². The first-order valence-corrected chi connectivity index (χ1v) is 6.86. The van der Waals surface area contributed by atoms with Gasteiger partial charge in [0.25, 0.3) is 6.43 Å². The first kappa shape index (κ1) is 16.9. The largest absolute Gasteiger partial charge is 0.491 e. The van der Waals surface area contributed by atoms with E-state index in [0.29, 0.717) is 5.92 Å². The summed E-state index contributed by atoms with van der Waals surface area (Å²) in [6.45, 7) is 6.05. The molecule has 0 aliphatic rings. The standard InChI is InChI=1S/C15H23F2NO2/c1-12(2)9-18-10-13-3-5-14(6-4-13)20-8-7-19-11-15(16)17/h3-6,12,15,18H,7-11H2,1-2H3. The molecule has 114 valence electrons. The Hall–Kier alpha value is -1.20. The van der Waals surface area contributed by atoms with Crippen LogP contribution in [-0.4, -0.2) is 32.8 Å². The highest BCUT2D eigenvalue weighted by Crippen LogP contribution is 2.12. The van der Waals surface area contributed by atoms with Crippen LogP contribution in [0.2, 0.25) is 0 Å². The average Bonchev–Trinajstić information content (AvgIpc) is 2.39. The van der Waals surface area contributed by atoms with E-state index in [1.807, 2.05) is 24.3 Å². The van der Waals surface area contributed by atoms with Gasteiger partial charge in [-0.3, -0.25) is 0 Å². The highest BCUT2D eigenvalue weighted by atomic mass is 19.3. The molecule has 0 aliphatic heterocycles. The van der Waals surface area contributed by atoms with Gasteiger partial charge in [-0.25, -0.2) is 8.78 Å². The Bertz CT molecular complexity index is 355. The van der Waals surface area contributed by atoms with Crippen molar-refractivity contribution in [3.05, 3.63) is 29.8 Å². The van der Waals surface area contributed by atoms with E-state index in [-0.39, 0.29) is 13.2 Å². The van der Waals surface area contributed by atoms with Crippen molar-refractivity contribution in [2.45, 2.75) is 26.8 Å². The summed E-state index contributed by atoms with van der Waals surface area (Å²) >= 11 is 0. The van der Waals surface area contributed by atoms with Gasteiger partial charge < -0.3 is 14.8 Å². The van der Waals surface area contributed by atoms with Gasteiger partial charge in [0.05, 0.1) is 6.61 Å². The Morgan fingerprint density at radius 2 is 1.80 bits per heavy atom. The van der Waals surface area contributed by atoms with Crippen molar-refractivity contribution in [2.24, 2.45) is 5.92 Å². The van der Waals surface area contributed by atoms with E-state index in [9.17, 15) is 8.78 Å². The quantitative estimate of drug-likeness (QED) is 0.671. The topological polar surface area (TPSA) is 30.5 Å². The van der Waals surface area contributed by atoms with Crippen LogP contribution in [0.5, 0.6) is 5.75 Å². The second-order valence-corrected chi connectivity index (χ2v) is 4.98. The molecule has 5 heteroatoms. The number of nitrogens with one attached hydrogen (secondary N) is 1. The molecule has 0 atom stereocenters. The summed E-state index contributed by atoms with van der Waals surface area (Å²) in [5.41, 5.74) is 1.19. The van der Waals surface area contributed by atoms with Crippen LogP contribution in [-0.2, 0) is 11.3 Å². The summed E-state index contributed by atoms with van der Waals surface area (Å²) in [6, 6.07) is 7.73. The number of halogens is 2. The van der Waals surface area contributed by atoms with E-state index in [1.54, 1.807) is 0 Å². The summed E-state index contributed by atoms with van der Waals surface area (Å²) < 4.78 is 33.7. The molecule has 0 radical (unpaired) electrons. The van der Waals surface area contributed by atoms with Gasteiger partial charge in [-0.2, -0.15) is 0 Å². The molecule has 0 aliphatic carbocycles. The third-order valence-corrected chi connectivity index (χ3v) is 2.55. The number of benzene rings is 1. The predicted molar refractivity (Wildman–Crippen MR) is 75.3 cm³/mol. The van der Waals surface area contributed by atoms with Crippen molar-refractivity contribution in [2.75, 3.05) is 26.4 Å². The lowest BCUT2D eigenvalue weighted by Crippen LogP contribution is -2.18. The van der Waals surface area contributed by atoms with Crippen LogP contribution in [0.3, 0.4) is 0 Å². The van der Waals surface area contributed by atoms with Gasteiger partial charge in [0.2, 0.25) is 0 Å². The number of hydrogen-bond donors (Lipinski definition) is 1. The molecular weight excluding hydrogens is 264 g/mol. The molecule has 1 rings (SSSR count). The lowest BCUT2D eigenvalue weighted by molar-refractivity contribution is 0.00763. The zero-order valence-corrected chi connectivity index (χ0v) is 12.1. The summed E-state index contributed by atoms with van der Waals surface area (Å²) in [6.07, 6.45) is -2.42. The van der Waals surface area contributed by atoms with Gasteiger partial charge in [0, 0.05) is 6.54 Å². The summed E-state index contributed by atoms with van der Waals surface area (Å²) in [7, 11) is 0. The van der Waals surface area contributed by atoms with Crippen LogP contribution in [0.25, 0.3) is 0 Å². The van der Waals surface area contributed by atoms with Crippen molar-refractivity contribution in [3.8, 4) is 5.75 Å². The van der Waals surface area contributed by atoms with E-state index >= 15 is 0 Å². The van der Waals surface area contributed by atoms with Gasteiger partial charge in [-0.1, -0.05) is 26.0 Å². The molecule has 0 spiro atoms. The lowest BCUT2D eigenvalue weighted by Gasteiger charge is -2.09. The van der Waals surface area contributed by atoms with Crippen LogP contribution in [0.1, 0.15) is 19.4 Å². The van der Waals surface area contributed by atoms with E-state index in [0.717, 1.165) is 18.8 Å². The van der Waals surface area contributed by atoms with Crippen molar-refractivity contribution in [1.29, 1.82) is 0 Å². The van der Waals surface area contributed by atoms with Gasteiger partial charge in [-0.15, -0.1) is 0 Å². The molecule has 1 aromatic rings. The maximum atomic E-state index is 11.8. The molecule has 0 aromatic heterocycles. The highest BCUT2D eigenvalue weighted by Gasteiger charge is 2.01. The van der Waals surface area contributed by atoms with Crippen LogP contribution in [0, 0.1) is 5.92 Å². The molecule has 0 bridgehead atoms. The maximum absolute atomic E-state index is 11.8. The number of rotatable bonds is 10. The first-order chi connectivity index (χ1) is 9.58. The van der Waals surface area contributed by atoms with E-state index in [1.165, 1.54) is 5.56 Å². The Kier molecular flexibility index (Phi) is 8.14. The van der Waals surface area contributed by atoms with Crippen LogP contribution >= 0.6 is 0 Å². The molecule has 3 nitrogen and oxygen atoms in total. The van der Waals surface area contributed by atoms with Crippen molar-refractivity contribution in [3.63, 3.8) is 0 Å². The van der Waals surface area contributed by atoms with Crippen LogP contribution in [0.4, 0.5) is 8.78 Å². The van der Waals surface area contributed by atoms with E-state index < -0.39 is 13.0 Å². The maximum Gasteiger partial charge on any atom is 0.261 e. The molecule has 0 fully saturated rings. The van der Waals surface area contributed by atoms with E-state index in [4.69, 9.17) is 9.47 Å². The summed E-state index contributed by atoms with van der Waals surface area (Å²) in [5, 5.41) is 3.36. The van der Waals surface area contributed by atoms with Crippen molar-refractivity contribution in [1.82, 2.24) is 5.32 Å². The molecule has 0 unspecified atom stereocenters. The molecule has 1 aromatic carbocycles. The Labute approximate surface area is 119 Å². The molecule has 0 saturated heterocycles. The van der Waals surface area contributed by atoms with E-state index in [2.05, 4.69) is 19.2 Å². The molecular formula is C15H23F2NO2. The third-order valence-electron chi connectivity index (χ3n) is 2.55. The Morgan fingerprint density at radius 1 is 1.10 bits per heavy atom. The molecule has 0 amide bonds. The fraction of sp³-hybridized carbons (Fsp3) is 0.600. The van der Waals surface area contributed by atoms with Gasteiger partial charge >= 0.3 is 0 Å². The minimum atomic E-state index is -2.42. The highest BCUT2D eigenvalue weighted by molar-refractivity contribution is 5.27. The SMILES string of the molecule is CC(C)CNCc1ccc(OCCOCC(F)F)cc1. The van der Waals surface area contributed by atoms with Crippen molar-refractivity contribution < 1.29 is 18.3 Å². The molecule has 0 heterocycles. The summed E-state index contributed by atoms with van der Waals surface area (Å²) in [5.74, 6) is 1.35. The lowest BCUT2D eigenvalue weighted by atomic mass is 10.2. The minimum Gasteiger partial charge on any atom is -0.491 e. The number of ether oxygens (including phenoxy) is 2. The van der Waals surface area contributed by atoms with Crippen LogP contribution < -0.4 is 10.1 Å². The van der Waals surface area contributed by atoms with Crippen molar-refractivity contribution >= 4 is 0 Å². The normalized spacial score (nSPS) is 11.3. The Morgan fingerprint density at radius 3 is 2.40 bits per heavy atom. The molecule has 0 saturated carbocycles. The average molecular weight is 287 g/mol. The summed E-state index contributed by atoms with van der Waals surface area (Å²) in [4.78, 5) is 0. The zero-order valence-electron chi connectivity index (χ0n) is 12.1. The Balaban J connectivity index is 2.18. The smallest absolute Gasteiger partial charge is 0.261 e. The minimum absolute atomic E-state index is 0.169.